The topological polar surface area (TPSA) is 61.0 Å². The molecule has 120 valence electrons. The zero-order valence-corrected chi connectivity index (χ0v) is 13.8. The summed E-state index contributed by atoms with van der Waals surface area (Å²) in [5.41, 5.74) is 6.08. The normalized spacial score (nSPS) is 14.6. The second kappa shape index (κ2) is 5.48. The predicted molar refractivity (Wildman–Crippen MR) is 88.8 cm³/mol. The molecule has 0 aromatic carbocycles. The lowest BCUT2D eigenvalue weighted by molar-refractivity contribution is 0.394. The van der Waals surface area contributed by atoms with Gasteiger partial charge in [0.15, 0.2) is 0 Å². The van der Waals surface area contributed by atoms with Crippen LogP contribution in [0.25, 0.3) is 22.2 Å². The summed E-state index contributed by atoms with van der Waals surface area (Å²) in [6.07, 6.45) is 7.14. The Morgan fingerprint density at radius 3 is 2.70 bits per heavy atom. The average Bonchev–Trinajstić information content (AvgIpc) is 2.92. The van der Waals surface area contributed by atoms with Gasteiger partial charge in [-0.2, -0.15) is 4.98 Å². The third-order valence-corrected chi connectivity index (χ3v) is 4.57. The number of hydrogen-bond donors (Lipinski definition) is 0. The molecule has 3 heterocycles. The molecule has 0 spiro atoms. The first-order chi connectivity index (χ1) is 11.2. The number of fused-ring (bicyclic) bond motifs is 5. The van der Waals surface area contributed by atoms with Crippen LogP contribution in [0.3, 0.4) is 0 Å². The summed E-state index contributed by atoms with van der Waals surface area (Å²) in [7, 11) is 1.60. The Bertz CT molecular complexity index is 883. The van der Waals surface area contributed by atoms with E-state index in [4.69, 9.17) is 14.1 Å². The maximum absolute atomic E-state index is 6.00. The molecule has 4 rings (SSSR count). The van der Waals surface area contributed by atoms with E-state index in [1.807, 2.05) is 0 Å². The lowest BCUT2D eigenvalue weighted by Crippen LogP contribution is -2.11. The van der Waals surface area contributed by atoms with Gasteiger partial charge in [-0.1, -0.05) is 13.8 Å². The van der Waals surface area contributed by atoms with Crippen molar-refractivity contribution in [2.24, 2.45) is 5.92 Å². The Morgan fingerprint density at radius 1 is 1.17 bits per heavy atom. The zero-order chi connectivity index (χ0) is 16.0. The van der Waals surface area contributed by atoms with Gasteiger partial charge in [0.1, 0.15) is 11.8 Å². The number of nitrogens with zero attached hydrogens (tertiary/aromatic N) is 3. The van der Waals surface area contributed by atoms with Crippen LogP contribution in [0.1, 0.15) is 43.5 Å². The van der Waals surface area contributed by atoms with Crippen molar-refractivity contribution >= 4 is 22.2 Å². The van der Waals surface area contributed by atoms with Gasteiger partial charge < -0.3 is 9.15 Å². The van der Waals surface area contributed by atoms with Gasteiger partial charge in [-0.15, -0.1) is 0 Å². The second-order valence-corrected chi connectivity index (χ2v) is 6.66. The highest BCUT2D eigenvalue weighted by molar-refractivity contribution is 6.04. The summed E-state index contributed by atoms with van der Waals surface area (Å²) >= 11 is 0. The van der Waals surface area contributed by atoms with Crippen LogP contribution in [-0.2, 0) is 19.3 Å². The first-order valence-electron chi connectivity index (χ1n) is 8.31. The summed E-state index contributed by atoms with van der Waals surface area (Å²) < 4.78 is 11.3. The monoisotopic (exact) mass is 311 g/mol. The molecule has 0 saturated carbocycles. The van der Waals surface area contributed by atoms with Gasteiger partial charge in [-0.25, -0.2) is 9.97 Å². The quantitative estimate of drug-likeness (QED) is 0.735. The highest BCUT2D eigenvalue weighted by Crippen LogP contribution is 2.38. The standard InChI is InChI=1S/C18H21N3O2/c1-10(2)8-13-11-6-4-5-7-12(11)14-15-16(23-17(14)21-13)18(22-3)20-9-19-15/h9-10H,4-8H2,1-3H3. The smallest absolute Gasteiger partial charge is 0.261 e. The summed E-state index contributed by atoms with van der Waals surface area (Å²) in [6, 6.07) is 0. The van der Waals surface area contributed by atoms with E-state index in [1.54, 1.807) is 7.11 Å². The highest BCUT2D eigenvalue weighted by atomic mass is 16.5. The Balaban J connectivity index is 2.07. The molecule has 5 nitrogen and oxygen atoms in total. The van der Waals surface area contributed by atoms with Gasteiger partial charge in [0.25, 0.3) is 5.88 Å². The van der Waals surface area contributed by atoms with Crippen molar-refractivity contribution in [3.63, 3.8) is 0 Å². The SMILES string of the molecule is COc1ncnc2c1oc1nc(CC(C)C)c3c(c12)CCCC3. The van der Waals surface area contributed by atoms with Crippen LogP contribution in [0.2, 0.25) is 0 Å². The summed E-state index contributed by atoms with van der Waals surface area (Å²) in [5, 5.41) is 1.06. The summed E-state index contributed by atoms with van der Waals surface area (Å²) in [4.78, 5) is 13.5. The number of aryl methyl sites for hydroxylation is 1. The van der Waals surface area contributed by atoms with E-state index in [9.17, 15) is 0 Å². The largest absolute Gasteiger partial charge is 0.478 e. The van der Waals surface area contributed by atoms with Crippen molar-refractivity contribution in [3.8, 4) is 5.88 Å². The van der Waals surface area contributed by atoms with Gasteiger partial charge in [0.2, 0.25) is 11.3 Å². The molecule has 1 aliphatic rings. The number of ether oxygens (including phenoxy) is 1. The fraction of sp³-hybridized carbons (Fsp3) is 0.500. The lowest BCUT2D eigenvalue weighted by atomic mass is 9.87. The lowest BCUT2D eigenvalue weighted by Gasteiger charge is -2.20. The van der Waals surface area contributed by atoms with E-state index in [2.05, 4.69) is 23.8 Å². The fourth-order valence-electron chi connectivity index (χ4n) is 3.62. The van der Waals surface area contributed by atoms with Crippen molar-refractivity contribution in [1.82, 2.24) is 15.0 Å². The van der Waals surface area contributed by atoms with Crippen molar-refractivity contribution in [2.75, 3.05) is 7.11 Å². The minimum atomic E-state index is 0.475. The van der Waals surface area contributed by atoms with E-state index >= 15 is 0 Å². The predicted octanol–water partition coefficient (Wildman–Crippen LogP) is 3.86. The van der Waals surface area contributed by atoms with Crippen LogP contribution in [0, 0.1) is 5.92 Å². The van der Waals surface area contributed by atoms with E-state index in [0.29, 0.717) is 23.1 Å². The maximum atomic E-state index is 6.00. The second-order valence-electron chi connectivity index (χ2n) is 6.66. The molecule has 0 N–H and O–H groups in total. The van der Waals surface area contributed by atoms with Gasteiger partial charge in [-0.3, -0.25) is 0 Å². The van der Waals surface area contributed by atoms with Gasteiger partial charge >= 0.3 is 0 Å². The van der Waals surface area contributed by atoms with Gasteiger partial charge in [0, 0.05) is 5.69 Å². The Kier molecular flexibility index (Phi) is 3.43. The molecule has 0 amide bonds. The minimum Gasteiger partial charge on any atom is -0.478 e. The molecule has 0 saturated heterocycles. The van der Waals surface area contributed by atoms with E-state index in [0.717, 1.165) is 30.2 Å². The van der Waals surface area contributed by atoms with Crippen molar-refractivity contribution < 1.29 is 9.15 Å². The first-order valence-corrected chi connectivity index (χ1v) is 8.31. The molecule has 1 aliphatic carbocycles. The van der Waals surface area contributed by atoms with Crippen LogP contribution in [0.15, 0.2) is 10.7 Å². The highest BCUT2D eigenvalue weighted by Gasteiger charge is 2.24. The number of pyridine rings is 1. The molecule has 23 heavy (non-hydrogen) atoms. The molecule has 0 unspecified atom stereocenters. The molecule has 0 bridgehead atoms. The molecule has 0 radical (unpaired) electrons. The van der Waals surface area contributed by atoms with Crippen LogP contribution in [-0.4, -0.2) is 22.1 Å². The van der Waals surface area contributed by atoms with E-state index in [-0.39, 0.29) is 0 Å². The summed E-state index contributed by atoms with van der Waals surface area (Å²) in [6.45, 7) is 4.46. The van der Waals surface area contributed by atoms with Gasteiger partial charge in [-0.05, 0) is 49.1 Å². The van der Waals surface area contributed by atoms with Crippen molar-refractivity contribution in [2.45, 2.75) is 46.0 Å². The van der Waals surface area contributed by atoms with Crippen molar-refractivity contribution in [1.29, 1.82) is 0 Å². The number of methoxy groups -OCH3 is 1. The van der Waals surface area contributed by atoms with Crippen LogP contribution >= 0.6 is 0 Å². The molecule has 0 fully saturated rings. The van der Waals surface area contributed by atoms with E-state index < -0.39 is 0 Å². The van der Waals surface area contributed by atoms with Gasteiger partial charge in [0.05, 0.1) is 12.5 Å². The number of furan rings is 1. The maximum Gasteiger partial charge on any atom is 0.261 e. The number of rotatable bonds is 3. The third kappa shape index (κ3) is 2.26. The molecular formula is C18H21N3O2. The minimum absolute atomic E-state index is 0.475. The molecular weight excluding hydrogens is 290 g/mol. The Hall–Kier alpha value is -2.17. The zero-order valence-electron chi connectivity index (χ0n) is 13.8. The summed E-state index contributed by atoms with van der Waals surface area (Å²) in [5.74, 6) is 1.05. The first kappa shape index (κ1) is 14.4. The molecule has 0 atom stereocenters. The molecule has 0 aliphatic heterocycles. The van der Waals surface area contributed by atoms with Crippen LogP contribution in [0.4, 0.5) is 0 Å². The fourth-order valence-corrected chi connectivity index (χ4v) is 3.62. The van der Waals surface area contributed by atoms with Crippen LogP contribution < -0.4 is 4.74 Å². The number of hydrogen-bond acceptors (Lipinski definition) is 5. The molecule has 5 heteroatoms. The van der Waals surface area contributed by atoms with Crippen molar-refractivity contribution in [3.05, 3.63) is 23.1 Å². The van der Waals surface area contributed by atoms with E-state index in [1.165, 1.54) is 36.0 Å². The number of aromatic nitrogens is 3. The molecule has 3 aromatic rings. The van der Waals surface area contributed by atoms with Crippen LogP contribution in [0.5, 0.6) is 5.88 Å². The average molecular weight is 311 g/mol. The Labute approximate surface area is 135 Å². The molecule has 3 aromatic heterocycles. The Morgan fingerprint density at radius 2 is 1.96 bits per heavy atom. The third-order valence-electron chi connectivity index (χ3n) is 4.57.